The zero-order valence-corrected chi connectivity index (χ0v) is 10.3. The number of halogens is 1. The largest absolute Gasteiger partial charge is 0.319 e. The molecule has 14 heavy (non-hydrogen) atoms. The Morgan fingerprint density at radius 2 is 2.43 bits per heavy atom. The second-order valence-corrected chi connectivity index (χ2v) is 4.68. The summed E-state index contributed by atoms with van der Waals surface area (Å²) >= 11 is 3.53. The molecular weight excluding hydrogens is 242 g/mol. The van der Waals surface area contributed by atoms with Gasteiger partial charge in [-0.1, -0.05) is 0 Å². The molecule has 1 aromatic heterocycles. The van der Waals surface area contributed by atoms with Gasteiger partial charge in [0.25, 0.3) is 0 Å². The third-order valence-corrected chi connectivity index (χ3v) is 3.60. The third kappa shape index (κ3) is 1.61. The zero-order valence-electron chi connectivity index (χ0n) is 8.68. The van der Waals surface area contributed by atoms with Crippen LogP contribution in [0.25, 0.3) is 0 Å². The van der Waals surface area contributed by atoms with E-state index in [1.54, 1.807) is 0 Å². The van der Waals surface area contributed by atoms with Crippen molar-refractivity contribution in [2.45, 2.75) is 25.2 Å². The summed E-state index contributed by atoms with van der Waals surface area (Å²) in [6.07, 6.45) is 3.73. The Morgan fingerprint density at radius 3 is 3.14 bits per heavy atom. The first-order valence-electron chi connectivity index (χ1n) is 5.10. The molecule has 0 saturated heterocycles. The van der Waals surface area contributed by atoms with Crippen LogP contribution in [0.5, 0.6) is 0 Å². The van der Waals surface area contributed by atoms with E-state index in [0.29, 0.717) is 5.92 Å². The first-order valence-corrected chi connectivity index (χ1v) is 5.89. The molecule has 1 atom stereocenters. The van der Waals surface area contributed by atoms with Crippen molar-refractivity contribution in [3.8, 4) is 0 Å². The van der Waals surface area contributed by atoms with E-state index in [1.165, 1.54) is 30.5 Å². The number of aryl methyl sites for hydroxylation is 1. The fourth-order valence-electron chi connectivity index (χ4n) is 2.40. The van der Waals surface area contributed by atoms with Gasteiger partial charge in [-0.2, -0.15) is 5.10 Å². The van der Waals surface area contributed by atoms with Gasteiger partial charge in [0, 0.05) is 30.8 Å². The summed E-state index contributed by atoms with van der Waals surface area (Å²) < 4.78 is 3.07. The number of likely N-dealkylation sites (N-methyl/N-ethyl adjacent to an activating group) is 1. The van der Waals surface area contributed by atoms with E-state index >= 15 is 0 Å². The highest BCUT2D eigenvalue weighted by Gasteiger charge is 2.25. The van der Waals surface area contributed by atoms with Crippen LogP contribution >= 0.6 is 15.9 Å². The minimum atomic E-state index is 0.632. The van der Waals surface area contributed by atoms with Crippen LogP contribution in [0.3, 0.4) is 0 Å². The van der Waals surface area contributed by atoms with E-state index in [-0.39, 0.29) is 0 Å². The zero-order chi connectivity index (χ0) is 10.1. The Hall–Kier alpha value is -0.350. The Kier molecular flexibility index (Phi) is 2.93. The lowest BCUT2D eigenvalue weighted by atomic mass is 9.88. The molecule has 1 unspecified atom stereocenters. The van der Waals surface area contributed by atoms with Gasteiger partial charge < -0.3 is 5.32 Å². The van der Waals surface area contributed by atoms with Crippen molar-refractivity contribution < 1.29 is 0 Å². The number of rotatable bonds is 2. The van der Waals surface area contributed by atoms with Crippen LogP contribution in [0.1, 0.15) is 30.0 Å². The van der Waals surface area contributed by atoms with Gasteiger partial charge >= 0.3 is 0 Å². The lowest BCUT2D eigenvalue weighted by Crippen LogP contribution is -2.23. The molecule has 1 heterocycles. The fourth-order valence-corrected chi connectivity index (χ4v) is 3.04. The fraction of sp³-hybridized carbons (Fsp3) is 0.700. The molecule has 0 aromatic carbocycles. The van der Waals surface area contributed by atoms with Crippen LogP contribution in [0.4, 0.5) is 0 Å². The van der Waals surface area contributed by atoms with Crippen LogP contribution in [0.2, 0.25) is 0 Å². The maximum Gasteiger partial charge on any atom is 0.131 e. The van der Waals surface area contributed by atoms with Gasteiger partial charge in [0.05, 0.1) is 0 Å². The number of nitrogens with zero attached hydrogens (tertiary/aromatic N) is 2. The second-order valence-electron chi connectivity index (χ2n) is 3.93. The summed E-state index contributed by atoms with van der Waals surface area (Å²) in [6.45, 7) is 1.05. The van der Waals surface area contributed by atoms with Gasteiger partial charge in [-0.3, -0.25) is 4.68 Å². The minimum absolute atomic E-state index is 0.632. The van der Waals surface area contributed by atoms with Gasteiger partial charge in [0.1, 0.15) is 4.60 Å². The molecule has 0 bridgehead atoms. The van der Waals surface area contributed by atoms with Gasteiger partial charge in [0.2, 0.25) is 0 Å². The van der Waals surface area contributed by atoms with Gasteiger partial charge in [-0.25, -0.2) is 0 Å². The number of fused-ring (bicyclic) bond motifs is 1. The summed E-state index contributed by atoms with van der Waals surface area (Å²) in [4.78, 5) is 0. The first kappa shape index (κ1) is 10.2. The van der Waals surface area contributed by atoms with Crippen molar-refractivity contribution in [2.24, 2.45) is 7.05 Å². The third-order valence-electron chi connectivity index (χ3n) is 2.96. The smallest absolute Gasteiger partial charge is 0.131 e. The quantitative estimate of drug-likeness (QED) is 0.877. The van der Waals surface area contributed by atoms with Gasteiger partial charge in [-0.15, -0.1) is 0 Å². The molecule has 0 spiro atoms. The number of nitrogens with one attached hydrogen (secondary N) is 1. The summed E-state index contributed by atoms with van der Waals surface area (Å²) in [7, 11) is 4.05. The SMILES string of the molecule is CNCC1CCCc2c(Br)nn(C)c21. The molecule has 0 amide bonds. The van der Waals surface area contributed by atoms with Crippen molar-refractivity contribution in [1.29, 1.82) is 0 Å². The first-order chi connectivity index (χ1) is 6.74. The molecular formula is C10H16BrN3. The lowest BCUT2D eigenvalue weighted by molar-refractivity contribution is 0.495. The molecule has 2 rings (SSSR count). The van der Waals surface area contributed by atoms with Crippen molar-refractivity contribution in [1.82, 2.24) is 15.1 Å². The highest BCUT2D eigenvalue weighted by Crippen LogP contribution is 2.34. The Morgan fingerprint density at radius 1 is 1.64 bits per heavy atom. The molecule has 78 valence electrons. The van der Waals surface area contributed by atoms with Crippen LogP contribution in [-0.2, 0) is 13.5 Å². The number of hydrogen-bond acceptors (Lipinski definition) is 2. The van der Waals surface area contributed by atoms with E-state index in [9.17, 15) is 0 Å². The van der Waals surface area contributed by atoms with Crippen molar-refractivity contribution in [2.75, 3.05) is 13.6 Å². The predicted molar refractivity (Wildman–Crippen MR) is 60.5 cm³/mol. The maximum absolute atomic E-state index is 4.43. The molecule has 0 aliphatic heterocycles. The van der Waals surface area contributed by atoms with E-state index in [1.807, 2.05) is 18.8 Å². The Bertz CT molecular complexity index is 332. The number of hydrogen-bond donors (Lipinski definition) is 1. The maximum atomic E-state index is 4.43. The van der Waals surface area contributed by atoms with E-state index in [2.05, 4.69) is 26.3 Å². The molecule has 1 aromatic rings. The number of aromatic nitrogens is 2. The van der Waals surface area contributed by atoms with E-state index in [4.69, 9.17) is 0 Å². The highest BCUT2D eigenvalue weighted by atomic mass is 79.9. The van der Waals surface area contributed by atoms with Gasteiger partial charge in [0.15, 0.2) is 0 Å². The average molecular weight is 258 g/mol. The molecule has 0 radical (unpaired) electrons. The normalized spacial score (nSPS) is 20.9. The summed E-state index contributed by atoms with van der Waals surface area (Å²) in [6, 6.07) is 0. The molecule has 1 N–H and O–H groups in total. The predicted octanol–water partition coefficient (Wildman–Crippen LogP) is 1.82. The molecule has 0 saturated carbocycles. The van der Waals surface area contributed by atoms with Crippen LogP contribution in [-0.4, -0.2) is 23.4 Å². The highest BCUT2D eigenvalue weighted by molar-refractivity contribution is 9.10. The standard InChI is InChI=1S/C10H16BrN3/c1-12-6-7-4-3-5-8-9(7)14(2)13-10(8)11/h7,12H,3-6H2,1-2H3. The summed E-state index contributed by atoms with van der Waals surface area (Å²) in [5.41, 5.74) is 2.83. The van der Waals surface area contributed by atoms with Crippen molar-refractivity contribution >= 4 is 15.9 Å². The Labute approximate surface area is 93.0 Å². The lowest BCUT2D eigenvalue weighted by Gasteiger charge is -2.23. The molecule has 1 aliphatic carbocycles. The molecule has 4 heteroatoms. The summed E-state index contributed by atoms with van der Waals surface area (Å²) in [5.74, 6) is 0.632. The molecule has 0 fully saturated rings. The molecule has 3 nitrogen and oxygen atoms in total. The van der Waals surface area contributed by atoms with Crippen molar-refractivity contribution in [3.63, 3.8) is 0 Å². The van der Waals surface area contributed by atoms with E-state index in [0.717, 1.165) is 11.1 Å². The Balaban J connectivity index is 2.37. The average Bonchev–Trinajstić information content (AvgIpc) is 2.44. The van der Waals surface area contributed by atoms with Crippen LogP contribution < -0.4 is 5.32 Å². The van der Waals surface area contributed by atoms with Crippen LogP contribution in [0.15, 0.2) is 4.60 Å². The monoisotopic (exact) mass is 257 g/mol. The van der Waals surface area contributed by atoms with Gasteiger partial charge in [-0.05, 0) is 42.2 Å². The topological polar surface area (TPSA) is 29.9 Å². The van der Waals surface area contributed by atoms with Crippen LogP contribution in [0, 0.1) is 0 Å². The van der Waals surface area contributed by atoms with Crippen molar-refractivity contribution in [3.05, 3.63) is 15.9 Å². The molecule has 1 aliphatic rings. The summed E-state index contributed by atoms with van der Waals surface area (Å²) in [5, 5.41) is 7.69. The second kappa shape index (κ2) is 4.03. The minimum Gasteiger partial charge on any atom is -0.319 e. The van der Waals surface area contributed by atoms with E-state index < -0.39 is 0 Å².